The summed E-state index contributed by atoms with van der Waals surface area (Å²) in [5, 5.41) is 24.0. The van der Waals surface area contributed by atoms with Crippen molar-refractivity contribution in [1.29, 1.82) is 0 Å². The van der Waals surface area contributed by atoms with Crippen molar-refractivity contribution in [3.8, 4) is 0 Å². The lowest BCUT2D eigenvalue weighted by molar-refractivity contribution is -0.145. The number of aliphatic hydroxyl groups excluding tert-OH is 1. The number of hydrogen-bond donors (Lipinski definition) is 4. The topological polar surface area (TPSA) is 200 Å². The number of aromatic nitrogens is 5. The van der Waals surface area contributed by atoms with Crippen molar-refractivity contribution in [2.45, 2.75) is 97.2 Å². The zero-order valence-electron chi connectivity index (χ0n) is 24.0. The van der Waals surface area contributed by atoms with Crippen molar-refractivity contribution >= 4 is 30.5 Å². The molecular weight excluding hydrogens is 557 g/mol. The molecule has 15 nitrogen and oxygen atoms in total. The largest absolute Gasteiger partial charge is 0.465 e. The Morgan fingerprint density at radius 3 is 2.32 bits per heavy atom. The zero-order valence-corrected chi connectivity index (χ0v) is 24.9. The first-order valence-corrected chi connectivity index (χ1v) is 15.6. The van der Waals surface area contributed by atoms with Gasteiger partial charge in [-0.15, -0.1) is 5.10 Å². The second-order valence-electron chi connectivity index (χ2n) is 9.97. The third-order valence-electron chi connectivity index (χ3n) is 6.28. The van der Waals surface area contributed by atoms with Crippen LogP contribution in [0.2, 0.25) is 0 Å². The number of aryl methyl sites for hydroxylation is 1. The van der Waals surface area contributed by atoms with Crippen LogP contribution >= 0.6 is 7.44 Å². The lowest BCUT2D eigenvalue weighted by Gasteiger charge is -2.24. The minimum atomic E-state index is -3.76. The second-order valence-corrected chi connectivity index (χ2v) is 12.1. The smallest absolute Gasteiger partial charge is 0.323 e. The van der Waals surface area contributed by atoms with E-state index in [0.29, 0.717) is 18.7 Å². The van der Waals surface area contributed by atoms with Gasteiger partial charge in [-0.05, 0) is 39.7 Å². The van der Waals surface area contributed by atoms with E-state index in [1.807, 2.05) is 13.8 Å². The molecule has 5 atom stereocenters. The molecule has 0 bridgehead atoms. The molecule has 4 N–H and O–H groups in total. The molecule has 0 spiro atoms. The van der Waals surface area contributed by atoms with Crippen molar-refractivity contribution in [3.05, 3.63) is 28.1 Å². The molecule has 2 aromatic heterocycles. The van der Waals surface area contributed by atoms with Crippen LogP contribution in [0, 0.1) is 6.92 Å². The monoisotopic (exact) mass is 597 g/mol. The molecule has 1 aliphatic rings. The van der Waals surface area contributed by atoms with Gasteiger partial charge in [0.25, 0.3) is 5.56 Å². The summed E-state index contributed by atoms with van der Waals surface area (Å²) < 4.78 is 31.6. The highest BCUT2D eigenvalue weighted by atomic mass is 31.2. The van der Waals surface area contributed by atoms with Crippen LogP contribution in [-0.2, 0) is 28.4 Å². The van der Waals surface area contributed by atoms with E-state index < -0.39 is 55.5 Å². The molecule has 0 aliphatic carbocycles. The Kier molecular flexibility index (Phi) is 11.7. The van der Waals surface area contributed by atoms with E-state index in [1.54, 1.807) is 6.92 Å². The number of aromatic amines is 1. The third kappa shape index (κ3) is 8.76. The summed E-state index contributed by atoms with van der Waals surface area (Å²) in [6.07, 6.45) is 1.88. The number of ether oxygens (including phenoxy) is 3. The highest BCUT2D eigenvalue weighted by molar-refractivity contribution is 7.63. The maximum absolute atomic E-state index is 14.0. The first kappa shape index (κ1) is 32.5. The van der Waals surface area contributed by atoms with Crippen LogP contribution in [0.5, 0.6) is 0 Å². The summed E-state index contributed by atoms with van der Waals surface area (Å²) in [4.78, 5) is 43.9. The Labute approximate surface area is 237 Å². The highest BCUT2D eigenvalue weighted by Gasteiger charge is 2.37. The van der Waals surface area contributed by atoms with E-state index in [1.165, 1.54) is 30.4 Å². The third-order valence-corrected chi connectivity index (χ3v) is 8.42. The molecular formula is C25H40N7O8P. The molecule has 41 heavy (non-hydrogen) atoms. The molecule has 0 aromatic carbocycles. The van der Waals surface area contributed by atoms with E-state index in [0.717, 1.165) is 12.8 Å². The highest BCUT2D eigenvalue weighted by Crippen LogP contribution is 2.41. The van der Waals surface area contributed by atoms with Gasteiger partial charge in [0.1, 0.15) is 24.0 Å². The first-order chi connectivity index (χ1) is 19.5. The number of H-pyrrole nitrogens is 1. The summed E-state index contributed by atoms with van der Waals surface area (Å²) in [5.41, 5.74) is -0.312. The molecule has 0 radical (unpaired) electrons. The Hall–Kier alpha value is -2.97. The second kappa shape index (κ2) is 14.8. The number of esters is 2. The molecule has 228 valence electrons. The molecule has 0 saturated carbocycles. The number of carbonyl (C=O) groups is 2. The number of nitrogens with one attached hydrogen (secondary N) is 3. The minimum absolute atomic E-state index is 0.00270. The zero-order chi connectivity index (χ0) is 30.2. The van der Waals surface area contributed by atoms with Gasteiger partial charge in [-0.1, -0.05) is 31.9 Å². The van der Waals surface area contributed by atoms with Crippen LogP contribution in [0.1, 0.15) is 71.9 Å². The maximum Gasteiger partial charge on any atom is 0.323 e. The standard InChI is InChI=1S/C25H40N7O8P/c1-6-8-11-38-24(35)15(3)29-41(37,30-16(4)25(36)39-12-9-7-2)13-10-18-14-19(33)23(40-18)32-21-20(28-31-32)22(34)27-17(5)26-21/h10,13,15-16,18-19,23,33H,6-9,11-12,14H2,1-5H3,(H,26,27,34)(H2,29,30,37)/b13-10+/t15-,16-,18+,19+,23+/m0/s1. The van der Waals surface area contributed by atoms with Crippen molar-refractivity contribution in [1.82, 2.24) is 35.1 Å². The fourth-order valence-corrected chi connectivity index (χ4v) is 6.09. The number of aliphatic hydroxyl groups is 1. The number of hydrogen-bond acceptors (Lipinski definition) is 11. The average molecular weight is 598 g/mol. The van der Waals surface area contributed by atoms with Gasteiger partial charge >= 0.3 is 11.9 Å². The van der Waals surface area contributed by atoms with Gasteiger partial charge in [0.05, 0.1) is 19.3 Å². The van der Waals surface area contributed by atoms with Gasteiger partial charge in [0.15, 0.2) is 17.4 Å². The van der Waals surface area contributed by atoms with Crippen molar-refractivity contribution in [2.75, 3.05) is 13.2 Å². The van der Waals surface area contributed by atoms with Gasteiger partial charge in [-0.3, -0.25) is 18.9 Å². The first-order valence-electron chi connectivity index (χ1n) is 13.8. The van der Waals surface area contributed by atoms with Gasteiger partial charge < -0.3 is 24.3 Å². The summed E-state index contributed by atoms with van der Waals surface area (Å²) >= 11 is 0. The van der Waals surface area contributed by atoms with Crippen LogP contribution in [0.3, 0.4) is 0 Å². The summed E-state index contributed by atoms with van der Waals surface area (Å²) in [6, 6.07) is -1.93. The normalized spacial score (nSPS) is 20.9. The molecule has 3 heterocycles. The quantitative estimate of drug-likeness (QED) is 0.132. The van der Waals surface area contributed by atoms with Crippen molar-refractivity contribution in [3.63, 3.8) is 0 Å². The Bertz CT molecular complexity index is 1290. The van der Waals surface area contributed by atoms with Crippen molar-refractivity contribution < 1.29 is 33.5 Å². The molecule has 1 fully saturated rings. The predicted molar refractivity (Wildman–Crippen MR) is 149 cm³/mol. The van der Waals surface area contributed by atoms with Crippen LogP contribution in [0.25, 0.3) is 11.2 Å². The van der Waals surface area contributed by atoms with Crippen LogP contribution in [0.15, 0.2) is 16.7 Å². The average Bonchev–Trinajstić information content (AvgIpc) is 3.50. The fraction of sp³-hybridized carbons (Fsp3) is 0.680. The molecule has 2 aromatic rings. The number of unbranched alkanes of at least 4 members (excludes halogenated alkanes) is 2. The fourth-order valence-electron chi connectivity index (χ4n) is 4.05. The summed E-state index contributed by atoms with van der Waals surface area (Å²) in [5.74, 6) is 0.467. The molecule has 16 heteroatoms. The maximum atomic E-state index is 14.0. The number of nitrogens with zero attached hydrogens (tertiary/aromatic N) is 4. The Morgan fingerprint density at radius 2 is 1.76 bits per heavy atom. The molecule has 3 rings (SSSR count). The van der Waals surface area contributed by atoms with E-state index in [4.69, 9.17) is 14.2 Å². The molecule has 1 aliphatic heterocycles. The van der Waals surface area contributed by atoms with E-state index in [-0.39, 0.29) is 30.8 Å². The minimum Gasteiger partial charge on any atom is -0.465 e. The SMILES string of the molecule is CCCCOC(=O)[C@H](C)NP(=O)(/C=C/[C@@H]1C[C@@H](O)[C@H](n2nnc3c(=O)[nH]c(C)nc32)O1)N[C@@H](C)C(=O)OCCCC. The Morgan fingerprint density at radius 1 is 1.17 bits per heavy atom. The van der Waals surface area contributed by atoms with Gasteiger partial charge in [-0.25, -0.2) is 15.2 Å². The van der Waals surface area contributed by atoms with Gasteiger partial charge in [-0.2, -0.15) is 4.68 Å². The van der Waals surface area contributed by atoms with Gasteiger partial charge in [0, 0.05) is 12.2 Å². The van der Waals surface area contributed by atoms with Gasteiger partial charge in [0.2, 0.25) is 7.44 Å². The predicted octanol–water partition coefficient (Wildman–Crippen LogP) is 1.82. The van der Waals surface area contributed by atoms with E-state index in [9.17, 15) is 24.1 Å². The lowest BCUT2D eigenvalue weighted by atomic mass is 10.2. The Balaban J connectivity index is 1.77. The van der Waals surface area contributed by atoms with E-state index in [2.05, 4.69) is 30.5 Å². The molecule has 0 amide bonds. The van der Waals surface area contributed by atoms with Crippen molar-refractivity contribution in [2.24, 2.45) is 0 Å². The van der Waals surface area contributed by atoms with E-state index >= 15 is 0 Å². The molecule has 0 unspecified atom stereocenters. The number of carbonyl (C=O) groups excluding carboxylic acids is 2. The van der Waals surface area contributed by atoms with Crippen LogP contribution < -0.4 is 15.7 Å². The number of rotatable bonds is 15. The van der Waals surface area contributed by atoms with Crippen LogP contribution in [-0.4, -0.2) is 79.5 Å². The number of fused-ring (bicyclic) bond motifs is 1. The van der Waals surface area contributed by atoms with Crippen LogP contribution in [0.4, 0.5) is 0 Å². The lowest BCUT2D eigenvalue weighted by Crippen LogP contribution is -2.41. The summed E-state index contributed by atoms with van der Waals surface area (Å²) in [6.45, 7) is 9.04. The summed E-state index contributed by atoms with van der Waals surface area (Å²) in [7, 11) is -3.76. The molecule has 1 saturated heterocycles.